The van der Waals surface area contributed by atoms with Gasteiger partial charge in [0.05, 0.1) is 21.6 Å². The van der Waals surface area contributed by atoms with E-state index in [1.807, 2.05) is 12.1 Å². The molecule has 0 radical (unpaired) electrons. The van der Waals surface area contributed by atoms with Crippen molar-refractivity contribution >= 4 is 38.1 Å². The largest absolute Gasteiger partial charge is 0.0843 e. The summed E-state index contributed by atoms with van der Waals surface area (Å²) in [5.41, 5.74) is 15.7. The quantitative estimate of drug-likeness (QED) is 0.167. The minimum absolute atomic E-state index is 0.355. The second-order valence-corrected chi connectivity index (χ2v) is 25.8. The predicted molar refractivity (Wildman–Crippen MR) is 205 cm³/mol. The molecule has 0 saturated carbocycles. The molecule has 0 aliphatic heterocycles. The van der Waals surface area contributed by atoms with Crippen LogP contribution in [0, 0.1) is 0 Å². The Morgan fingerprint density at radius 3 is 1.43 bits per heavy atom. The monoisotopic (exact) mass is 646 g/mol. The van der Waals surface area contributed by atoms with Gasteiger partial charge in [-0.1, -0.05) is 164 Å². The van der Waals surface area contributed by atoms with E-state index in [1.165, 1.54) is 77.1 Å². The third-order valence-corrected chi connectivity index (χ3v) is 14.6. The first-order chi connectivity index (χ1) is 22.0. The topological polar surface area (TPSA) is 0 Å². The zero-order valence-corrected chi connectivity index (χ0v) is 30.3. The standard InChI is InChI=1S/C43H39ClSi2/c1-45(2,3)33-19-22-37-38-23-20-34(46(4,5)6)27-42(38)43(41(37)26-33)39-13-8-7-12-35(39)36-21-16-31(25-40(36)43)30-11-9-10-29(24-30)28-14-17-32(44)18-15-28/h7-27H,1-6H3. The molecule has 0 aromatic heterocycles. The molecule has 46 heavy (non-hydrogen) atoms. The molecule has 0 unspecified atom stereocenters. The lowest BCUT2D eigenvalue weighted by Gasteiger charge is -2.32. The number of halogens is 1. The third-order valence-electron chi connectivity index (χ3n) is 10.3. The van der Waals surface area contributed by atoms with Crippen LogP contribution in [0.4, 0.5) is 0 Å². The van der Waals surface area contributed by atoms with Gasteiger partial charge < -0.3 is 0 Å². The van der Waals surface area contributed by atoms with Crippen LogP contribution in [0.1, 0.15) is 22.3 Å². The van der Waals surface area contributed by atoms with Crippen LogP contribution in [0.25, 0.3) is 44.5 Å². The lowest BCUT2D eigenvalue weighted by atomic mass is 9.70. The van der Waals surface area contributed by atoms with Crippen LogP contribution in [0.3, 0.4) is 0 Å². The van der Waals surface area contributed by atoms with Gasteiger partial charge >= 0.3 is 0 Å². The van der Waals surface area contributed by atoms with Crippen molar-refractivity contribution in [3.63, 3.8) is 0 Å². The molecular weight excluding hydrogens is 608 g/mol. The van der Waals surface area contributed by atoms with Crippen molar-refractivity contribution in [2.45, 2.75) is 44.7 Å². The van der Waals surface area contributed by atoms with Crippen LogP contribution < -0.4 is 10.4 Å². The van der Waals surface area contributed by atoms with Gasteiger partial charge in [0, 0.05) is 5.02 Å². The number of fused-ring (bicyclic) bond motifs is 10. The van der Waals surface area contributed by atoms with Gasteiger partial charge in [-0.15, -0.1) is 0 Å². The van der Waals surface area contributed by atoms with E-state index >= 15 is 0 Å². The Labute approximate surface area is 280 Å². The highest BCUT2D eigenvalue weighted by Crippen LogP contribution is 2.63. The third kappa shape index (κ3) is 4.38. The molecule has 0 nitrogen and oxygen atoms in total. The van der Waals surface area contributed by atoms with Crippen LogP contribution in [-0.2, 0) is 5.41 Å². The molecule has 0 bridgehead atoms. The molecule has 6 aromatic rings. The van der Waals surface area contributed by atoms with Crippen molar-refractivity contribution < 1.29 is 0 Å². The lowest BCUT2D eigenvalue weighted by Crippen LogP contribution is -2.40. The molecule has 0 saturated heterocycles. The summed E-state index contributed by atoms with van der Waals surface area (Å²) in [6.45, 7) is 14.8. The SMILES string of the molecule is C[Si](C)(C)c1ccc2c(c1)C1(c3ccccc3-c3ccc(-c4cccc(-c5ccc(Cl)cc5)c4)cc31)c1cc([Si](C)(C)C)ccc1-2. The summed E-state index contributed by atoms with van der Waals surface area (Å²) < 4.78 is 0. The molecule has 3 heteroatoms. The van der Waals surface area contributed by atoms with Crippen molar-refractivity contribution in [1.29, 1.82) is 0 Å². The molecule has 0 atom stereocenters. The van der Waals surface area contributed by atoms with E-state index in [-0.39, 0.29) is 5.41 Å². The number of benzene rings is 6. The number of hydrogen-bond donors (Lipinski definition) is 0. The Morgan fingerprint density at radius 1 is 0.391 bits per heavy atom. The Bertz CT molecular complexity index is 2110. The van der Waals surface area contributed by atoms with E-state index in [2.05, 4.69) is 155 Å². The highest BCUT2D eigenvalue weighted by Gasteiger charge is 2.52. The molecule has 0 N–H and O–H groups in total. The van der Waals surface area contributed by atoms with Crippen LogP contribution in [-0.4, -0.2) is 16.1 Å². The lowest BCUT2D eigenvalue weighted by molar-refractivity contribution is 0.795. The summed E-state index contributed by atoms with van der Waals surface area (Å²) in [7, 11) is -3.16. The molecule has 1 spiro atoms. The first-order valence-corrected chi connectivity index (χ1v) is 23.8. The molecule has 2 aliphatic rings. The van der Waals surface area contributed by atoms with E-state index in [4.69, 9.17) is 11.6 Å². The molecular formula is C43H39ClSi2. The molecule has 0 heterocycles. The Hall–Kier alpha value is -3.96. The molecule has 6 aromatic carbocycles. The maximum absolute atomic E-state index is 6.22. The van der Waals surface area contributed by atoms with Gasteiger partial charge in [0.2, 0.25) is 0 Å². The first-order valence-electron chi connectivity index (χ1n) is 16.4. The highest BCUT2D eigenvalue weighted by atomic mass is 35.5. The number of hydrogen-bond acceptors (Lipinski definition) is 0. The van der Waals surface area contributed by atoms with Crippen molar-refractivity contribution in [1.82, 2.24) is 0 Å². The maximum Gasteiger partial charge on any atom is 0.0776 e. The molecule has 2 aliphatic carbocycles. The zero-order chi connectivity index (χ0) is 32.0. The second kappa shape index (κ2) is 10.3. The van der Waals surface area contributed by atoms with Crippen molar-refractivity contribution in [2.75, 3.05) is 0 Å². The van der Waals surface area contributed by atoms with Gasteiger partial charge in [0.1, 0.15) is 0 Å². The van der Waals surface area contributed by atoms with Gasteiger partial charge in [-0.3, -0.25) is 0 Å². The fourth-order valence-electron chi connectivity index (χ4n) is 7.82. The van der Waals surface area contributed by atoms with Gasteiger partial charge in [-0.05, 0) is 91.0 Å². The fourth-order valence-corrected chi connectivity index (χ4v) is 10.3. The number of rotatable bonds is 4. The van der Waals surface area contributed by atoms with E-state index in [0.29, 0.717) is 0 Å². The molecule has 0 amide bonds. The summed E-state index contributed by atoms with van der Waals surface area (Å²) in [5, 5.41) is 3.79. The average Bonchev–Trinajstić information content (AvgIpc) is 3.50. The van der Waals surface area contributed by atoms with E-state index in [1.54, 1.807) is 0 Å². The van der Waals surface area contributed by atoms with E-state index in [0.717, 1.165) is 5.02 Å². The van der Waals surface area contributed by atoms with E-state index < -0.39 is 16.1 Å². The summed E-state index contributed by atoms with van der Waals surface area (Å²) in [5.74, 6) is 0. The second-order valence-electron chi connectivity index (χ2n) is 15.2. The molecule has 226 valence electrons. The van der Waals surface area contributed by atoms with E-state index in [9.17, 15) is 0 Å². The minimum atomic E-state index is -1.58. The fraction of sp³-hybridized carbons (Fsp3) is 0.163. The normalized spacial score (nSPS) is 14.2. The molecule has 0 fully saturated rings. The van der Waals surface area contributed by atoms with Gasteiger partial charge in [0.15, 0.2) is 0 Å². The predicted octanol–water partition coefficient (Wildman–Crippen LogP) is 11.1. The highest BCUT2D eigenvalue weighted by molar-refractivity contribution is 6.89. The first kappa shape index (κ1) is 29.4. The van der Waals surface area contributed by atoms with Gasteiger partial charge in [-0.2, -0.15) is 0 Å². The van der Waals surface area contributed by atoms with Crippen molar-refractivity contribution in [3.8, 4) is 44.5 Å². The van der Waals surface area contributed by atoms with Crippen LogP contribution in [0.15, 0.2) is 127 Å². The summed E-state index contributed by atoms with van der Waals surface area (Å²) in [6, 6.07) is 48.4. The Morgan fingerprint density at radius 2 is 0.848 bits per heavy atom. The Balaban J connectivity index is 1.43. The summed E-state index contributed by atoms with van der Waals surface area (Å²) >= 11 is 6.22. The van der Waals surface area contributed by atoms with Gasteiger partial charge in [-0.25, -0.2) is 0 Å². The summed E-state index contributed by atoms with van der Waals surface area (Å²) in [4.78, 5) is 0. The Kier molecular flexibility index (Phi) is 6.58. The van der Waals surface area contributed by atoms with Crippen LogP contribution in [0.2, 0.25) is 44.3 Å². The van der Waals surface area contributed by atoms with Crippen molar-refractivity contribution in [2.24, 2.45) is 0 Å². The maximum atomic E-state index is 6.22. The van der Waals surface area contributed by atoms with Crippen LogP contribution >= 0.6 is 11.6 Å². The zero-order valence-electron chi connectivity index (χ0n) is 27.5. The average molecular weight is 647 g/mol. The van der Waals surface area contributed by atoms with Crippen molar-refractivity contribution in [3.05, 3.63) is 155 Å². The minimum Gasteiger partial charge on any atom is -0.0843 e. The van der Waals surface area contributed by atoms with Crippen LogP contribution in [0.5, 0.6) is 0 Å². The molecule has 8 rings (SSSR count). The smallest absolute Gasteiger partial charge is 0.0776 e. The van der Waals surface area contributed by atoms with Gasteiger partial charge in [0.25, 0.3) is 0 Å². The summed E-state index contributed by atoms with van der Waals surface area (Å²) in [6.07, 6.45) is 0.